The van der Waals surface area contributed by atoms with Gasteiger partial charge in [0.25, 0.3) is 5.91 Å². The average Bonchev–Trinajstić information content (AvgIpc) is 3.26. The van der Waals surface area contributed by atoms with Crippen molar-refractivity contribution in [2.75, 3.05) is 58.0 Å². The predicted molar refractivity (Wildman–Crippen MR) is 135 cm³/mol. The molecular weight excluding hydrogens is 485 g/mol. The van der Waals surface area contributed by atoms with Crippen molar-refractivity contribution in [3.05, 3.63) is 47.5 Å². The number of morpholine rings is 1. The van der Waals surface area contributed by atoms with Crippen LogP contribution in [-0.4, -0.2) is 68.9 Å². The minimum absolute atomic E-state index is 0. The van der Waals surface area contributed by atoms with Gasteiger partial charge in [0.15, 0.2) is 11.7 Å². The Kier molecular flexibility index (Phi) is 9.58. The van der Waals surface area contributed by atoms with Gasteiger partial charge in [-0.2, -0.15) is 0 Å². The number of para-hydroxylation sites is 1. The molecule has 4 rings (SSSR count). The van der Waals surface area contributed by atoms with Crippen molar-refractivity contribution in [3.63, 3.8) is 0 Å². The lowest BCUT2D eigenvalue weighted by Gasteiger charge is -2.27. The molecule has 0 unspecified atom stereocenters. The zero-order valence-electron chi connectivity index (χ0n) is 18.4. The first-order chi connectivity index (χ1) is 15.6. The number of aromatic nitrogens is 1. The third-order valence-corrected chi connectivity index (χ3v) is 6.60. The molecule has 3 aromatic rings. The van der Waals surface area contributed by atoms with Crippen LogP contribution >= 0.6 is 35.3 Å². The zero-order valence-corrected chi connectivity index (χ0v) is 20.8. The number of halogens is 2. The molecule has 0 saturated carbocycles. The van der Waals surface area contributed by atoms with E-state index in [0.29, 0.717) is 33.7 Å². The van der Waals surface area contributed by atoms with Gasteiger partial charge in [-0.3, -0.25) is 14.6 Å². The number of carbonyl (C=O) groups excluding carboxylic acids is 1. The van der Waals surface area contributed by atoms with Crippen molar-refractivity contribution in [2.24, 2.45) is 0 Å². The number of hydrogen-bond donors (Lipinski definition) is 0. The lowest BCUT2D eigenvalue weighted by Crippen LogP contribution is -2.40. The smallest absolute Gasteiger partial charge is 0.266 e. The topological polar surface area (TPSA) is 64.1 Å². The van der Waals surface area contributed by atoms with Gasteiger partial charge in [0, 0.05) is 32.2 Å². The largest absolute Gasteiger partial charge is 0.497 e. The fraction of sp³-hybridized carbons (Fsp3) is 0.391. The Hall–Kier alpha value is -2.10. The minimum atomic E-state index is -0.148. The highest BCUT2D eigenvalue weighted by Crippen LogP contribution is 2.33. The van der Waals surface area contributed by atoms with Crippen LogP contribution in [0.1, 0.15) is 6.42 Å². The molecule has 7 nitrogen and oxygen atoms in total. The van der Waals surface area contributed by atoms with Crippen LogP contribution in [0.4, 0.5) is 5.13 Å². The Bertz CT molecular complexity index is 1060. The second-order valence-electron chi connectivity index (χ2n) is 7.40. The van der Waals surface area contributed by atoms with Gasteiger partial charge in [-0.05, 0) is 30.7 Å². The lowest BCUT2D eigenvalue weighted by molar-refractivity contribution is -0.120. The highest BCUT2D eigenvalue weighted by atomic mass is 35.5. The monoisotopic (exact) mass is 511 g/mol. The first-order valence-corrected chi connectivity index (χ1v) is 11.8. The molecule has 0 aliphatic carbocycles. The van der Waals surface area contributed by atoms with Gasteiger partial charge in [-0.1, -0.05) is 35.1 Å². The summed E-state index contributed by atoms with van der Waals surface area (Å²) >= 11 is 7.78. The highest BCUT2D eigenvalue weighted by Gasteiger charge is 2.22. The predicted octanol–water partition coefficient (Wildman–Crippen LogP) is 4.51. The van der Waals surface area contributed by atoms with Gasteiger partial charge in [-0.15, -0.1) is 12.4 Å². The van der Waals surface area contributed by atoms with E-state index in [-0.39, 0.29) is 24.9 Å². The van der Waals surface area contributed by atoms with Crippen molar-refractivity contribution >= 4 is 56.6 Å². The second-order valence-corrected chi connectivity index (χ2v) is 8.82. The molecule has 0 spiro atoms. The molecule has 0 bridgehead atoms. The van der Waals surface area contributed by atoms with E-state index in [1.54, 1.807) is 24.1 Å². The van der Waals surface area contributed by atoms with Crippen LogP contribution in [0.25, 0.3) is 10.2 Å². The normalized spacial score (nSPS) is 14.0. The highest BCUT2D eigenvalue weighted by molar-refractivity contribution is 7.22. The number of anilines is 1. The van der Waals surface area contributed by atoms with Gasteiger partial charge in [0.2, 0.25) is 0 Å². The number of ether oxygens (including phenoxy) is 3. The van der Waals surface area contributed by atoms with E-state index < -0.39 is 0 Å². The molecule has 2 heterocycles. The molecule has 1 aliphatic heterocycles. The Morgan fingerprint density at radius 1 is 1.21 bits per heavy atom. The van der Waals surface area contributed by atoms with E-state index in [4.69, 9.17) is 25.8 Å². The lowest BCUT2D eigenvalue weighted by atomic mass is 10.3. The van der Waals surface area contributed by atoms with E-state index in [0.717, 1.165) is 44.0 Å². The SMILES string of the molecule is COc1cccc(OCC(=O)N(CCCN2CCOCC2)c2nc3c(Cl)cccc3s2)c1.Cl. The van der Waals surface area contributed by atoms with Crippen molar-refractivity contribution in [2.45, 2.75) is 6.42 Å². The number of benzene rings is 2. The number of fused-ring (bicyclic) bond motifs is 1. The molecular formula is C23H27Cl2N3O4S. The summed E-state index contributed by atoms with van der Waals surface area (Å²) in [6, 6.07) is 12.9. The first-order valence-electron chi connectivity index (χ1n) is 10.6. The summed E-state index contributed by atoms with van der Waals surface area (Å²) in [5, 5.41) is 1.22. The molecule has 10 heteroatoms. The number of rotatable bonds is 9. The number of hydrogen-bond acceptors (Lipinski definition) is 7. The first kappa shape index (κ1) is 25.5. The van der Waals surface area contributed by atoms with Crippen LogP contribution in [0.15, 0.2) is 42.5 Å². The number of methoxy groups -OCH3 is 1. The average molecular weight is 512 g/mol. The van der Waals surface area contributed by atoms with Crippen LogP contribution in [0.3, 0.4) is 0 Å². The molecule has 33 heavy (non-hydrogen) atoms. The number of thiazole rings is 1. The number of amides is 1. The Morgan fingerprint density at radius 2 is 1.97 bits per heavy atom. The summed E-state index contributed by atoms with van der Waals surface area (Å²) in [7, 11) is 1.60. The maximum absolute atomic E-state index is 13.2. The van der Waals surface area contributed by atoms with Crippen LogP contribution in [0.2, 0.25) is 5.02 Å². The standard InChI is InChI=1S/C23H26ClN3O4S.ClH/c1-29-17-5-2-6-18(15-17)31-16-21(28)27(10-4-9-26-11-13-30-14-12-26)23-25-22-19(24)7-3-8-20(22)32-23;/h2-3,5-8,15H,4,9-14,16H2,1H3;1H. The van der Waals surface area contributed by atoms with E-state index >= 15 is 0 Å². The molecule has 0 radical (unpaired) electrons. The van der Waals surface area contributed by atoms with E-state index in [1.807, 2.05) is 30.3 Å². The summed E-state index contributed by atoms with van der Waals surface area (Å²) in [6.45, 7) is 4.72. The van der Waals surface area contributed by atoms with E-state index in [2.05, 4.69) is 9.88 Å². The van der Waals surface area contributed by atoms with Crippen molar-refractivity contribution in [1.29, 1.82) is 0 Å². The van der Waals surface area contributed by atoms with Crippen molar-refractivity contribution in [3.8, 4) is 11.5 Å². The Balaban J connectivity index is 0.00000306. The molecule has 2 aromatic carbocycles. The third-order valence-electron chi connectivity index (χ3n) is 5.25. The Morgan fingerprint density at radius 3 is 2.73 bits per heavy atom. The number of carbonyl (C=O) groups is 1. The van der Waals surface area contributed by atoms with Crippen molar-refractivity contribution in [1.82, 2.24) is 9.88 Å². The van der Waals surface area contributed by atoms with Crippen LogP contribution in [0.5, 0.6) is 11.5 Å². The van der Waals surface area contributed by atoms with Gasteiger partial charge in [-0.25, -0.2) is 4.98 Å². The third kappa shape index (κ3) is 6.71. The van der Waals surface area contributed by atoms with Crippen molar-refractivity contribution < 1.29 is 19.0 Å². The molecule has 1 fully saturated rings. The fourth-order valence-corrected chi connectivity index (χ4v) is 4.85. The molecule has 0 atom stereocenters. The maximum atomic E-state index is 13.2. The molecule has 1 saturated heterocycles. The molecule has 1 amide bonds. The molecule has 178 valence electrons. The number of nitrogens with zero attached hydrogens (tertiary/aromatic N) is 3. The molecule has 1 aliphatic rings. The van der Waals surface area contributed by atoms with E-state index in [9.17, 15) is 4.79 Å². The summed E-state index contributed by atoms with van der Waals surface area (Å²) < 4.78 is 17.4. The van der Waals surface area contributed by atoms with Gasteiger partial charge in [0.1, 0.15) is 17.0 Å². The summed E-state index contributed by atoms with van der Waals surface area (Å²) in [6.07, 6.45) is 0.828. The quantitative estimate of drug-likeness (QED) is 0.421. The summed E-state index contributed by atoms with van der Waals surface area (Å²) in [4.78, 5) is 21.9. The van der Waals surface area contributed by atoms with Crippen LogP contribution in [-0.2, 0) is 9.53 Å². The van der Waals surface area contributed by atoms with Gasteiger partial charge >= 0.3 is 0 Å². The molecule has 1 aromatic heterocycles. The second kappa shape index (κ2) is 12.4. The fourth-order valence-electron chi connectivity index (χ4n) is 3.54. The van der Waals surface area contributed by atoms with E-state index in [1.165, 1.54) is 11.3 Å². The van der Waals surface area contributed by atoms with Crippen LogP contribution in [0, 0.1) is 0 Å². The zero-order chi connectivity index (χ0) is 22.3. The Labute approximate surface area is 208 Å². The maximum Gasteiger partial charge on any atom is 0.266 e. The van der Waals surface area contributed by atoms with Gasteiger partial charge < -0.3 is 14.2 Å². The molecule has 0 N–H and O–H groups in total. The summed E-state index contributed by atoms with van der Waals surface area (Å²) in [5.74, 6) is 1.11. The minimum Gasteiger partial charge on any atom is -0.497 e. The van der Waals surface area contributed by atoms with Crippen LogP contribution < -0.4 is 14.4 Å². The summed E-state index contributed by atoms with van der Waals surface area (Å²) in [5.41, 5.74) is 0.717. The van der Waals surface area contributed by atoms with Gasteiger partial charge in [0.05, 0.1) is 30.0 Å².